The van der Waals surface area contributed by atoms with Crippen LogP contribution in [0, 0.1) is 16.8 Å². The van der Waals surface area contributed by atoms with E-state index in [9.17, 15) is 13.2 Å². The normalized spacial score (nSPS) is 11.3. The van der Waals surface area contributed by atoms with Crippen molar-refractivity contribution >= 4 is 21.4 Å². The fourth-order valence-corrected chi connectivity index (χ4v) is 2.67. The van der Waals surface area contributed by atoms with Gasteiger partial charge in [-0.1, -0.05) is 0 Å². The fourth-order valence-electron chi connectivity index (χ4n) is 1.70. The lowest BCUT2D eigenvalue weighted by atomic mass is 10.1. The van der Waals surface area contributed by atoms with Crippen LogP contribution in [-0.2, 0) is 11.2 Å². The smallest absolute Gasteiger partial charge is 0.180 e. The van der Waals surface area contributed by atoms with Crippen LogP contribution >= 0.6 is 11.3 Å². The number of rotatable bonds is 4. The summed E-state index contributed by atoms with van der Waals surface area (Å²) in [5, 5.41) is -0.420. The molecule has 0 saturated carbocycles. The van der Waals surface area contributed by atoms with E-state index in [2.05, 4.69) is 0 Å². The van der Waals surface area contributed by atoms with Crippen LogP contribution in [-0.4, -0.2) is 13.2 Å². The van der Waals surface area contributed by atoms with Crippen molar-refractivity contribution in [3.8, 4) is 0 Å². The van der Waals surface area contributed by atoms with Gasteiger partial charge in [-0.05, 0) is 19.1 Å². The van der Waals surface area contributed by atoms with Gasteiger partial charge in [0.25, 0.3) is 0 Å². The molecule has 0 unspecified atom stereocenters. The van der Waals surface area contributed by atoms with Crippen molar-refractivity contribution in [1.82, 2.24) is 0 Å². The summed E-state index contributed by atoms with van der Waals surface area (Å²) in [4.78, 5) is 0. The van der Waals surface area contributed by atoms with E-state index in [0.717, 1.165) is 17.4 Å². The highest BCUT2D eigenvalue weighted by atomic mass is 32.1. The van der Waals surface area contributed by atoms with Gasteiger partial charge in [0.2, 0.25) is 0 Å². The third kappa shape index (κ3) is 2.30. The van der Waals surface area contributed by atoms with E-state index in [1.165, 1.54) is 6.07 Å². The minimum absolute atomic E-state index is 0.0483. The average Bonchev–Trinajstić information content (AvgIpc) is 2.62. The zero-order chi connectivity index (χ0) is 12.4. The molecule has 2 rings (SSSR count). The number of hydrogen-bond donors (Lipinski definition) is 0. The van der Waals surface area contributed by atoms with Crippen LogP contribution < -0.4 is 0 Å². The summed E-state index contributed by atoms with van der Waals surface area (Å²) >= 11 is 0.831. The Balaban J connectivity index is 2.46. The third-order valence-corrected chi connectivity index (χ3v) is 3.48. The Labute approximate surface area is 101 Å². The molecule has 1 nitrogen and oxygen atoms in total. The Morgan fingerprint density at radius 1 is 1.24 bits per heavy atom. The molecule has 1 aromatic heterocycles. The molecular weight excluding hydrogens is 249 g/mol. The van der Waals surface area contributed by atoms with Gasteiger partial charge in [0, 0.05) is 28.7 Å². The zero-order valence-corrected chi connectivity index (χ0v) is 10.0. The zero-order valence-electron chi connectivity index (χ0n) is 9.23. The molecular formula is C12H11F3OS. The molecule has 92 valence electrons. The topological polar surface area (TPSA) is 9.23 Å². The van der Waals surface area contributed by atoms with Gasteiger partial charge in [-0.2, -0.15) is 4.39 Å². The minimum atomic E-state index is -0.978. The maximum Gasteiger partial charge on any atom is 0.180 e. The van der Waals surface area contributed by atoms with Crippen molar-refractivity contribution in [3.63, 3.8) is 0 Å². The van der Waals surface area contributed by atoms with E-state index in [1.807, 2.05) is 6.92 Å². The SMILES string of the molecule is CCOCCc1c(F)sc2ccc(F)c(F)c12. The molecule has 0 atom stereocenters. The van der Waals surface area contributed by atoms with Gasteiger partial charge in [0.05, 0.1) is 6.61 Å². The van der Waals surface area contributed by atoms with Gasteiger partial charge >= 0.3 is 0 Å². The fraction of sp³-hybridized carbons (Fsp3) is 0.333. The molecule has 1 heterocycles. The van der Waals surface area contributed by atoms with Crippen molar-refractivity contribution in [2.75, 3.05) is 13.2 Å². The Hall–Kier alpha value is -1.07. The van der Waals surface area contributed by atoms with Crippen molar-refractivity contribution in [2.45, 2.75) is 13.3 Å². The van der Waals surface area contributed by atoms with Crippen molar-refractivity contribution in [1.29, 1.82) is 0 Å². The van der Waals surface area contributed by atoms with Gasteiger partial charge in [-0.3, -0.25) is 0 Å². The first-order chi connectivity index (χ1) is 8.15. The van der Waals surface area contributed by atoms with Crippen LogP contribution in [0.5, 0.6) is 0 Å². The van der Waals surface area contributed by atoms with E-state index in [4.69, 9.17) is 4.74 Å². The third-order valence-electron chi connectivity index (χ3n) is 2.50. The summed E-state index contributed by atoms with van der Waals surface area (Å²) in [5.74, 6) is -1.93. The second-order valence-corrected chi connectivity index (χ2v) is 4.54. The van der Waals surface area contributed by atoms with E-state index >= 15 is 0 Å². The van der Waals surface area contributed by atoms with Crippen LogP contribution in [0.4, 0.5) is 13.2 Å². The standard InChI is InChI=1S/C12H11F3OS/c1-2-16-6-5-7-10-9(17-12(7)15)4-3-8(13)11(10)14/h3-4H,2,5-6H2,1H3. The maximum absolute atomic E-state index is 13.6. The highest BCUT2D eigenvalue weighted by Gasteiger charge is 2.18. The number of halogens is 3. The number of ether oxygens (including phenoxy) is 1. The van der Waals surface area contributed by atoms with Crippen molar-refractivity contribution < 1.29 is 17.9 Å². The molecule has 0 aliphatic heterocycles. The first-order valence-electron chi connectivity index (χ1n) is 5.27. The lowest BCUT2D eigenvalue weighted by Crippen LogP contribution is -1.99. The largest absolute Gasteiger partial charge is 0.381 e. The number of hydrogen-bond acceptors (Lipinski definition) is 2. The first kappa shape index (κ1) is 12.4. The second kappa shape index (κ2) is 5.06. The molecule has 2 aromatic rings. The van der Waals surface area contributed by atoms with E-state index in [-0.39, 0.29) is 17.4 Å². The minimum Gasteiger partial charge on any atom is -0.381 e. The van der Waals surface area contributed by atoms with Crippen LogP contribution in [0.1, 0.15) is 12.5 Å². The Kier molecular flexibility index (Phi) is 3.69. The monoisotopic (exact) mass is 260 g/mol. The molecule has 0 amide bonds. The Bertz CT molecular complexity index is 536. The average molecular weight is 260 g/mol. The molecule has 17 heavy (non-hydrogen) atoms. The highest BCUT2D eigenvalue weighted by Crippen LogP contribution is 2.33. The van der Waals surface area contributed by atoms with Crippen LogP contribution in [0.3, 0.4) is 0 Å². The lowest BCUT2D eigenvalue weighted by Gasteiger charge is -2.02. The maximum atomic E-state index is 13.6. The van der Waals surface area contributed by atoms with Crippen LogP contribution in [0.25, 0.3) is 10.1 Å². The predicted molar refractivity (Wildman–Crippen MR) is 61.9 cm³/mol. The van der Waals surface area contributed by atoms with Crippen molar-refractivity contribution in [2.24, 2.45) is 0 Å². The summed E-state index contributed by atoms with van der Waals surface area (Å²) in [6.45, 7) is 2.64. The molecule has 0 aliphatic carbocycles. The number of thiophene rings is 1. The van der Waals surface area contributed by atoms with Gasteiger partial charge in [0.15, 0.2) is 16.8 Å². The van der Waals surface area contributed by atoms with E-state index < -0.39 is 16.8 Å². The summed E-state index contributed by atoms with van der Waals surface area (Å²) in [7, 11) is 0. The number of benzene rings is 1. The first-order valence-corrected chi connectivity index (χ1v) is 6.09. The summed E-state index contributed by atoms with van der Waals surface area (Å²) in [6, 6.07) is 2.41. The van der Waals surface area contributed by atoms with E-state index in [1.54, 1.807) is 0 Å². The molecule has 1 aromatic carbocycles. The molecule has 0 N–H and O–H groups in total. The number of fused-ring (bicyclic) bond motifs is 1. The molecule has 0 spiro atoms. The lowest BCUT2D eigenvalue weighted by molar-refractivity contribution is 0.150. The Morgan fingerprint density at radius 2 is 2.00 bits per heavy atom. The summed E-state index contributed by atoms with van der Waals surface area (Å²) in [5.41, 5.74) is 0.204. The van der Waals surface area contributed by atoms with Crippen molar-refractivity contribution in [3.05, 3.63) is 34.5 Å². The second-order valence-electron chi connectivity index (χ2n) is 3.54. The molecule has 0 aliphatic rings. The molecule has 5 heteroatoms. The summed E-state index contributed by atoms with van der Waals surface area (Å²) in [6.07, 6.45) is 0.250. The van der Waals surface area contributed by atoms with Crippen LogP contribution in [0.15, 0.2) is 12.1 Å². The van der Waals surface area contributed by atoms with Gasteiger partial charge < -0.3 is 4.74 Å². The Morgan fingerprint density at radius 3 is 2.71 bits per heavy atom. The molecule has 0 radical (unpaired) electrons. The van der Waals surface area contributed by atoms with E-state index in [0.29, 0.717) is 17.9 Å². The van der Waals surface area contributed by atoms with Crippen LogP contribution in [0.2, 0.25) is 0 Å². The van der Waals surface area contributed by atoms with Gasteiger partial charge in [-0.15, -0.1) is 11.3 Å². The predicted octanol–water partition coefficient (Wildman–Crippen LogP) is 3.90. The van der Waals surface area contributed by atoms with Gasteiger partial charge in [-0.25, -0.2) is 8.78 Å². The van der Waals surface area contributed by atoms with Gasteiger partial charge in [0.1, 0.15) is 0 Å². The highest BCUT2D eigenvalue weighted by molar-refractivity contribution is 7.17. The quantitative estimate of drug-likeness (QED) is 0.758. The molecule has 0 fully saturated rings. The molecule has 0 bridgehead atoms. The summed E-state index contributed by atoms with van der Waals surface area (Å²) < 4.78 is 45.9. The molecule has 0 saturated heterocycles.